The zero-order valence-corrected chi connectivity index (χ0v) is 7.72. The summed E-state index contributed by atoms with van der Waals surface area (Å²) in [6.45, 7) is 1.89. The van der Waals surface area contributed by atoms with Crippen LogP contribution in [0.2, 0.25) is 0 Å². The Labute approximate surface area is 80.8 Å². The van der Waals surface area contributed by atoms with E-state index in [4.69, 9.17) is 0 Å². The summed E-state index contributed by atoms with van der Waals surface area (Å²) < 4.78 is 88.8. The molecule has 0 aromatic heterocycles. The number of halogens is 7. The molecule has 0 unspecified atom stereocenters. The fourth-order valence-corrected chi connectivity index (χ4v) is 1.43. The van der Waals surface area contributed by atoms with Crippen LogP contribution in [0.3, 0.4) is 0 Å². The molecule has 0 saturated carbocycles. The maximum Gasteiger partial charge on any atom is 0.382 e. The molecule has 0 aromatic rings. The van der Waals surface area contributed by atoms with E-state index in [-0.39, 0.29) is 0 Å². The van der Waals surface area contributed by atoms with Crippen LogP contribution in [0, 0.1) is 5.92 Å². The number of alkyl halides is 6. The van der Waals surface area contributed by atoms with E-state index >= 15 is 0 Å². The average molecular weight is 236 g/mol. The predicted octanol–water partition coefficient (Wildman–Crippen LogP) is 3.79. The van der Waals surface area contributed by atoms with Gasteiger partial charge >= 0.3 is 17.8 Å². The molecular weight excluding hydrogens is 229 g/mol. The summed E-state index contributed by atoms with van der Waals surface area (Å²) in [5.74, 6) is -20.4. The quantitative estimate of drug-likeness (QED) is 0.607. The van der Waals surface area contributed by atoms with Crippen LogP contribution in [0.15, 0.2) is 11.4 Å². The Morgan fingerprint density at radius 1 is 0.867 bits per heavy atom. The van der Waals surface area contributed by atoms with E-state index in [0.29, 0.717) is 0 Å². The molecule has 0 fully saturated rings. The first-order valence-electron chi connectivity index (χ1n) is 4.02. The maximum absolute atomic E-state index is 12.9. The molecule has 0 atom stereocenters. The minimum atomic E-state index is -5.70. The molecule has 1 rings (SSSR count). The lowest BCUT2D eigenvalue weighted by atomic mass is 9.98. The third-order valence-electron chi connectivity index (χ3n) is 2.22. The van der Waals surface area contributed by atoms with Crippen molar-refractivity contribution in [3.8, 4) is 0 Å². The summed E-state index contributed by atoms with van der Waals surface area (Å²) in [6, 6.07) is 0. The second-order valence-electron chi connectivity index (χ2n) is 3.61. The smallest absolute Gasteiger partial charge is 0.205 e. The highest BCUT2D eigenvalue weighted by Gasteiger charge is 2.81. The Hall–Kier alpha value is -0.750. The monoisotopic (exact) mass is 236 g/mol. The third-order valence-corrected chi connectivity index (χ3v) is 2.22. The summed E-state index contributed by atoms with van der Waals surface area (Å²) in [7, 11) is 0. The highest BCUT2D eigenvalue weighted by atomic mass is 19.3. The van der Waals surface area contributed by atoms with Crippen molar-refractivity contribution in [1.29, 1.82) is 0 Å². The van der Waals surface area contributed by atoms with Crippen molar-refractivity contribution in [2.24, 2.45) is 5.92 Å². The molecule has 0 nitrogen and oxygen atoms in total. The molecule has 0 aliphatic heterocycles. The van der Waals surface area contributed by atoms with Crippen molar-refractivity contribution in [1.82, 2.24) is 0 Å². The summed E-state index contributed by atoms with van der Waals surface area (Å²) >= 11 is 0. The zero-order chi connectivity index (χ0) is 12.2. The predicted molar refractivity (Wildman–Crippen MR) is 37.8 cm³/mol. The van der Waals surface area contributed by atoms with E-state index in [2.05, 4.69) is 0 Å². The number of hydrogen-bond donors (Lipinski definition) is 0. The molecule has 0 heterocycles. The van der Waals surface area contributed by atoms with Gasteiger partial charge < -0.3 is 0 Å². The van der Waals surface area contributed by atoms with Gasteiger partial charge in [-0.15, -0.1) is 0 Å². The Morgan fingerprint density at radius 3 is 1.40 bits per heavy atom. The van der Waals surface area contributed by atoms with Gasteiger partial charge in [-0.3, -0.25) is 0 Å². The van der Waals surface area contributed by atoms with Crippen LogP contribution in [0.25, 0.3) is 0 Å². The molecule has 15 heavy (non-hydrogen) atoms. The van der Waals surface area contributed by atoms with Crippen molar-refractivity contribution in [3.63, 3.8) is 0 Å². The average Bonchev–Trinajstić information content (AvgIpc) is 2.08. The summed E-state index contributed by atoms with van der Waals surface area (Å²) in [4.78, 5) is 0. The molecule has 0 bridgehead atoms. The molecule has 0 radical (unpaired) electrons. The van der Waals surface area contributed by atoms with E-state index in [9.17, 15) is 30.7 Å². The molecule has 0 spiro atoms. The van der Waals surface area contributed by atoms with Gasteiger partial charge in [-0.1, -0.05) is 13.8 Å². The van der Waals surface area contributed by atoms with Crippen LogP contribution in [-0.2, 0) is 0 Å². The maximum atomic E-state index is 12.9. The normalized spacial score (nSPS) is 27.6. The number of rotatable bonds is 1. The minimum absolute atomic E-state index is 0.945. The lowest BCUT2D eigenvalue weighted by Gasteiger charge is -2.25. The molecule has 88 valence electrons. The largest absolute Gasteiger partial charge is 0.382 e. The third kappa shape index (κ3) is 1.21. The number of allylic oxidation sites excluding steroid dienone is 2. The van der Waals surface area contributed by atoms with Crippen molar-refractivity contribution in [2.45, 2.75) is 31.6 Å². The Balaban J connectivity index is 3.45. The first-order chi connectivity index (χ1) is 6.48. The highest BCUT2D eigenvalue weighted by Crippen LogP contribution is 2.60. The fourth-order valence-electron chi connectivity index (χ4n) is 1.43. The van der Waals surface area contributed by atoms with Gasteiger partial charge in [0.25, 0.3) is 0 Å². The molecular formula is C8H7F7. The molecule has 0 amide bonds. The lowest BCUT2D eigenvalue weighted by Crippen LogP contribution is -2.49. The minimum Gasteiger partial charge on any atom is -0.205 e. The summed E-state index contributed by atoms with van der Waals surface area (Å²) in [6.07, 6.45) is 0. The highest BCUT2D eigenvalue weighted by molar-refractivity contribution is 5.38. The lowest BCUT2D eigenvalue weighted by molar-refractivity contribution is -0.269. The second kappa shape index (κ2) is 2.89. The van der Waals surface area contributed by atoms with Crippen LogP contribution < -0.4 is 0 Å². The van der Waals surface area contributed by atoms with Crippen LogP contribution in [0.5, 0.6) is 0 Å². The Kier molecular flexibility index (Phi) is 2.37. The summed E-state index contributed by atoms with van der Waals surface area (Å²) in [5, 5.41) is 0. The number of hydrogen-bond acceptors (Lipinski definition) is 0. The Bertz CT molecular complexity index is 313. The van der Waals surface area contributed by atoms with Gasteiger partial charge in [0.15, 0.2) is 5.83 Å². The topological polar surface area (TPSA) is 0 Å². The van der Waals surface area contributed by atoms with E-state index in [1.165, 1.54) is 0 Å². The van der Waals surface area contributed by atoms with E-state index in [0.717, 1.165) is 13.8 Å². The van der Waals surface area contributed by atoms with Crippen LogP contribution >= 0.6 is 0 Å². The molecule has 0 aromatic carbocycles. The van der Waals surface area contributed by atoms with Crippen molar-refractivity contribution in [3.05, 3.63) is 11.4 Å². The SMILES string of the molecule is CC(C)C1=C(F)C(F)(F)C(F)(F)C1(F)F. The van der Waals surface area contributed by atoms with Gasteiger partial charge in [-0.05, 0) is 5.92 Å². The fraction of sp³-hybridized carbons (Fsp3) is 0.750. The van der Waals surface area contributed by atoms with Crippen LogP contribution in [0.1, 0.15) is 13.8 Å². The van der Waals surface area contributed by atoms with Crippen LogP contribution in [-0.4, -0.2) is 17.8 Å². The van der Waals surface area contributed by atoms with Crippen LogP contribution in [0.4, 0.5) is 30.7 Å². The van der Waals surface area contributed by atoms with Crippen molar-refractivity contribution in [2.75, 3.05) is 0 Å². The van der Waals surface area contributed by atoms with Gasteiger partial charge in [-0.25, -0.2) is 4.39 Å². The standard InChI is InChI=1S/C8H7F7/c1-3(2)4-5(9)7(12,13)8(14,15)6(4,10)11/h3H,1-2H3. The molecule has 7 heteroatoms. The van der Waals surface area contributed by atoms with E-state index in [1.54, 1.807) is 0 Å². The van der Waals surface area contributed by atoms with Crippen molar-refractivity contribution >= 4 is 0 Å². The Morgan fingerprint density at radius 2 is 1.27 bits per heavy atom. The first kappa shape index (κ1) is 12.3. The molecule has 0 N–H and O–H groups in total. The van der Waals surface area contributed by atoms with Gasteiger partial charge in [-0.2, -0.15) is 26.3 Å². The van der Waals surface area contributed by atoms with E-state index in [1.807, 2.05) is 0 Å². The molecule has 1 aliphatic carbocycles. The van der Waals surface area contributed by atoms with Gasteiger partial charge in [0.05, 0.1) is 0 Å². The first-order valence-corrected chi connectivity index (χ1v) is 4.02. The molecule has 0 saturated heterocycles. The summed E-state index contributed by atoms with van der Waals surface area (Å²) in [5.41, 5.74) is -1.82. The van der Waals surface area contributed by atoms with Gasteiger partial charge in [0.1, 0.15) is 0 Å². The second-order valence-corrected chi connectivity index (χ2v) is 3.61. The van der Waals surface area contributed by atoms with Gasteiger partial charge in [0.2, 0.25) is 0 Å². The van der Waals surface area contributed by atoms with Crippen molar-refractivity contribution < 1.29 is 30.7 Å². The molecule has 1 aliphatic rings. The van der Waals surface area contributed by atoms with E-state index < -0.39 is 35.1 Å². The zero-order valence-electron chi connectivity index (χ0n) is 7.72. The van der Waals surface area contributed by atoms with Gasteiger partial charge in [0, 0.05) is 5.57 Å².